The number of rotatable bonds is 3. The molecule has 17 heavy (non-hydrogen) atoms. The fourth-order valence-corrected chi connectivity index (χ4v) is 2.09. The molecule has 0 spiro atoms. The number of carboxylic acid groups (broad SMARTS) is 1. The van der Waals surface area contributed by atoms with Crippen LogP contribution in [0.5, 0.6) is 5.88 Å². The molecule has 0 amide bonds. The third-order valence-electron chi connectivity index (χ3n) is 2.95. The first-order chi connectivity index (χ1) is 8.16. The van der Waals surface area contributed by atoms with E-state index in [0.29, 0.717) is 0 Å². The van der Waals surface area contributed by atoms with Crippen LogP contribution in [0.15, 0.2) is 18.3 Å². The smallest absolute Gasteiger partial charge is 0.341 e. The van der Waals surface area contributed by atoms with Gasteiger partial charge in [-0.05, 0) is 37.8 Å². The summed E-state index contributed by atoms with van der Waals surface area (Å²) in [6.45, 7) is 0. The van der Waals surface area contributed by atoms with Crippen molar-refractivity contribution in [1.82, 2.24) is 4.98 Å². The van der Waals surface area contributed by atoms with Crippen molar-refractivity contribution in [3.63, 3.8) is 0 Å². The molecule has 3 N–H and O–H groups in total. The highest BCUT2D eigenvalue weighted by atomic mass is 16.5. The molecular formula is C12H16N2O3. The van der Waals surface area contributed by atoms with Crippen LogP contribution >= 0.6 is 0 Å². The lowest BCUT2D eigenvalue weighted by Gasteiger charge is -2.27. The fraction of sp³-hybridized carbons (Fsp3) is 0.500. The van der Waals surface area contributed by atoms with Gasteiger partial charge in [-0.25, -0.2) is 9.78 Å². The van der Waals surface area contributed by atoms with E-state index in [4.69, 9.17) is 15.6 Å². The molecule has 2 atom stereocenters. The first-order valence-corrected chi connectivity index (χ1v) is 5.77. The molecule has 0 aliphatic heterocycles. The van der Waals surface area contributed by atoms with E-state index in [0.717, 1.165) is 25.7 Å². The molecule has 1 saturated carbocycles. The van der Waals surface area contributed by atoms with Gasteiger partial charge in [0.25, 0.3) is 0 Å². The molecule has 0 saturated heterocycles. The molecule has 0 aromatic carbocycles. The van der Waals surface area contributed by atoms with Gasteiger partial charge in [0.2, 0.25) is 5.88 Å². The van der Waals surface area contributed by atoms with Gasteiger partial charge in [-0.1, -0.05) is 0 Å². The third kappa shape index (κ3) is 2.94. The Morgan fingerprint density at radius 3 is 3.06 bits per heavy atom. The van der Waals surface area contributed by atoms with E-state index in [-0.39, 0.29) is 23.6 Å². The summed E-state index contributed by atoms with van der Waals surface area (Å²) in [4.78, 5) is 15.0. The van der Waals surface area contributed by atoms with Gasteiger partial charge in [-0.2, -0.15) is 0 Å². The van der Waals surface area contributed by atoms with Crippen molar-refractivity contribution in [1.29, 1.82) is 0 Å². The zero-order chi connectivity index (χ0) is 12.3. The Bertz CT molecular complexity index is 408. The molecule has 1 aliphatic rings. The molecular weight excluding hydrogens is 220 g/mol. The summed E-state index contributed by atoms with van der Waals surface area (Å²) in [5.41, 5.74) is 5.96. The number of aromatic carboxylic acids is 1. The van der Waals surface area contributed by atoms with Gasteiger partial charge in [0, 0.05) is 12.2 Å². The summed E-state index contributed by atoms with van der Waals surface area (Å²) in [5.74, 6) is -0.827. The lowest BCUT2D eigenvalue weighted by atomic mass is 9.93. The van der Waals surface area contributed by atoms with Crippen LogP contribution in [0.3, 0.4) is 0 Å². The minimum absolute atomic E-state index is 0.0215. The normalized spacial score (nSPS) is 24.3. The predicted molar refractivity (Wildman–Crippen MR) is 62.1 cm³/mol. The Labute approximate surface area is 99.6 Å². The zero-order valence-electron chi connectivity index (χ0n) is 9.50. The van der Waals surface area contributed by atoms with Crippen molar-refractivity contribution in [2.24, 2.45) is 5.73 Å². The summed E-state index contributed by atoms with van der Waals surface area (Å²) in [5, 5.41) is 9.00. The van der Waals surface area contributed by atoms with Crippen LogP contribution in [0, 0.1) is 0 Å². The molecule has 0 bridgehead atoms. The van der Waals surface area contributed by atoms with E-state index in [9.17, 15) is 4.79 Å². The average molecular weight is 236 g/mol. The van der Waals surface area contributed by atoms with Crippen molar-refractivity contribution in [3.8, 4) is 5.88 Å². The zero-order valence-corrected chi connectivity index (χ0v) is 9.50. The van der Waals surface area contributed by atoms with Gasteiger partial charge in [0.15, 0.2) is 0 Å². The summed E-state index contributed by atoms with van der Waals surface area (Å²) in [7, 11) is 0. The molecule has 1 aromatic rings. The van der Waals surface area contributed by atoms with Gasteiger partial charge in [0.1, 0.15) is 11.7 Å². The molecule has 92 valence electrons. The number of carboxylic acids is 1. The van der Waals surface area contributed by atoms with E-state index in [1.165, 1.54) is 12.3 Å². The summed E-state index contributed by atoms with van der Waals surface area (Å²) in [6.07, 6.45) is 5.20. The molecule has 2 rings (SSSR count). The summed E-state index contributed by atoms with van der Waals surface area (Å²) >= 11 is 0. The van der Waals surface area contributed by atoms with Crippen LogP contribution in [0.1, 0.15) is 36.0 Å². The van der Waals surface area contributed by atoms with Crippen molar-refractivity contribution in [3.05, 3.63) is 23.9 Å². The quantitative estimate of drug-likeness (QED) is 0.829. The van der Waals surface area contributed by atoms with E-state index in [1.807, 2.05) is 0 Å². The second kappa shape index (κ2) is 5.14. The van der Waals surface area contributed by atoms with Gasteiger partial charge < -0.3 is 15.6 Å². The number of carbonyl (C=O) groups is 1. The number of hydrogen-bond acceptors (Lipinski definition) is 4. The Morgan fingerprint density at radius 1 is 1.53 bits per heavy atom. The lowest BCUT2D eigenvalue weighted by Crippen LogP contribution is -2.34. The molecule has 5 heteroatoms. The molecule has 2 unspecified atom stereocenters. The number of pyridine rings is 1. The Balaban J connectivity index is 2.10. The lowest BCUT2D eigenvalue weighted by molar-refractivity contribution is 0.0683. The van der Waals surface area contributed by atoms with E-state index < -0.39 is 5.97 Å². The number of hydrogen-bond donors (Lipinski definition) is 2. The van der Waals surface area contributed by atoms with Crippen LogP contribution in [-0.2, 0) is 0 Å². The maximum Gasteiger partial charge on any atom is 0.341 e. The Morgan fingerprint density at radius 2 is 2.35 bits per heavy atom. The van der Waals surface area contributed by atoms with Crippen molar-refractivity contribution < 1.29 is 14.6 Å². The summed E-state index contributed by atoms with van der Waals surface area (Å²) in [6, 6.07) is 3.22. The van der Waals surface area contributed by atoms with Crippen molar-refractivity contribution in [2.75, 3.05) is 0 Å². The molecule has 0 radical (unpaired) electrons. The SMILES string of the molecule is NC1CCCC(Oc2ncccc2C(=O)O)C1. The van der Waals surface area contributed by atoms with Crippen molar-refractivity contribution >= 4 is 5.97 Å². The highest BCUT2D eigenvalue weighted by Gasteiger charge is 2.23. The maximum atomic E-state index is 11.0. The largest absolute Gasteiger partial charge is 0.477 e. The first-order valence-electron chi connectivity index (χ1n) is 5.77. The first kappa shape index (κ1) is 11.9. The fourth-order valence-electron chi connectivity index (χ4n) is 2.09. The van der Waals surface area contributed by atoms with Gasteiger partial charge >= 0.3 is 5.97 Å². The number of nitrogens with zero attached hydrogens (tertiary/aromatic N) is 1. The van der Waals surface area contributed by atoms with E-state index in [1.54, 1.807) is 6.07 Å². The Kier molecular flexibility index (Phi) is 3.58. The number of nitrogens with two attached hydrogens (primary N) is 1. The van der Waals surface area contributed by atoms with Crippen LogP contribution < -0.4 is 10.5 Å². The number of aromatic nitrogens is 1. The van der Waals surface area contributed by atoms with Crippen LogP contribution in [0.4, 0.5) is 0 Å². The van der Waals surface area contributed by atoms with Crippen LogP contribution in [0.25, 0.3) is 0 Å². The monoisotopic (exact) mass is 236 g/mol. The maximum absolute atomic E-state index is 11.0. The van der Waals surface area contributed by atoms with E-state index in [2.05, 4.69) is 4.98 Å². The van der Waals surface area contributed by atoms with Crippen LogP contribution in [0.2, 0.25) is 0 Å². The van der Waals surface area contributed by atoms with Crippen LogP contribution in [-0.4, -0.2) is 28.2 Å². The molecule has 1 aromatic heterocycles. The highest BCUT2D eigenvalue weighted by molar-refractivity contribution is 5.90. The molecule has 1 fully saturated rings. The minimum Gasteiger partial charge on any atom is -0.477 e. The van der Waals surface area contributed by atoms with E-state index >= 15 is 0 Å². The molecule has 5 nitrogen and oxygen atoms in total. The van der Waals surface area contributed by atoms with Gasteiger partial charge in [0.05, 0.1) is 0 Å². The summed E-state index contributed by atoms with van der Waals surface area (Å²) < 4.78 is 5.65. The standard InChI is InChI=1S/C12H16N2O3/c13-8-3-1-4-9(7-8)17-11-10(12(15)16)5-2-6-14-11/h2,5-6,8-9H,1,3-4,7,13H2,(H,15,16). The Hall–Kier alpha value is -1.62. The molecule has 1 heterocycles. The minimum atomic E-state index is -1.02. The van der Waals surface area contributed by atoms with Gasteiger partial charge in [-0.3, -0.25) is 0 Å². The second-order valence-electron chi connectivity index (χ2n) is 4.33. The predicted octanol–water partition coefficient (Wildman–Crippen LogP) is 1.43. The second-order valence-corrected chi connectivity index (χ2v) is 4.33. The van der Waals surface area contributed by atoms with Gasteiger partial charge in [-0.15, -0.1) is 0 Å². The average Bonchev–Trinajstić information content (AvgIpc) is 2.29. The third-order valence-corrected chi connectivity index (χ3v) is 2.95. The number of ether oxygens (including phenoxy) is 1. The molecule has 1 aliphatic carbocycles. The topological polar surface area (TPSA) is 85.4 Å². The highest BCUT2D eigenvalue weighted by Crippen LogP contribution is 2.23. The van der Waals surface area contributed by atoms with Crippen molar-refractivity contribution in [2.45, 2.75) is 37.8 Å².